The largest absolute Gasteiger partial charge is 0.485 e. The molecule has 0 radical (unpaired) electrons. The summed E-state index contributed by atoms with van der Waals surface area (Å²) in [5.41, 5.74) is 0.502. The SMILES string of the molecule is C[C@@H]1C[C@@H](C)CN(S(=O)(=O)c2ccc(NC(=O)[C@H]3COc4ccccc4O3)cc2)C1. The van der Waals surface area contributed by atoms with Crippen molar-refractivity contribution in [2.45, 2.75) is 31.3 Å². The van der Waals surface area contributed by atoms with Crippen molar-refractivity contribution in [3.05, 3.63) is 48.5 Å². The van der Waals surface area contributed by atoms with Crippen molar-refractivity contribution in [1.82, 2.24) is 4.31 Å². The van der Waals surface area contributed by atoms with Crippen molar-refractivity contribution in [3.8, 4) is 11.5 Å². The van der Waals surface area contributed by atoms with E-state index in [9.17, 15) is 13.2 Å². The van der Waals surface area contributed by atoms with Crippen LogP contribution in [0.15, 0.2) is 53.4 Å². The first kappa shape index (κ1) is 20.7. The van der Waals surface area contributed by atoms with Crippen LogP contribution in [0.25, 0.3) is 0 Å². The number of ether oxygens (including phenoxy) is 2. The summed E-state index contributed by atoms with van der Waals surface area (Å²) in [6, 6.07) is 13.4. The van der Waals surface area contributed by atoms with E-state index in [0.29, 0.717) is 42.1 Å². The molecule has 2 aromatic carbocycles. The van der Waals surface area contributed by atoms with Gasteiger partial charge in [-0.3, -0.25) is 4.79 Å². The molecule has 0 saturated carbocycles. The van der Waals surface area contributed by atoms with E-state index in [1.54, 1.807) is 28.6 Å². The zero-order valence-corrected chi connectivity index (χ0v) is 17.9. The highest BCUT2D eigenvalue weighted by Gasteiger charge is 2.32. The summed E-state index contributed by atoms with van der Waals surface area (Å²) in [5, 5.41) is 2.76. The maximum absolute atomic E-state index is 13.0. The molecule has 160 valence electrons. The summed E-state index contributed by atoms with van der Waals surface area (Å²) in [7, 11) is -3.55. The van der Waals surface area contributed by atoms with Crippen LogP contribution in [-0.4, -0.2) is 44.4 Å². The number of sulfonamides is 1. The molecule has 1 saturated heterocycles. The van der Waals surface area contributed by atoms with Crippen LogP contribution in [0.1, 0.15) is 20.3 Å². The second-order valence-corrected chi connectivity index (χ2v) is 10.1. The van der Waals surface area contributed by atoms with Crippen LogP contribution in [0.4, 0.5) is 5.69 Å². The Labute approximate surface area is 177 Å². The van der Waals surface area contributed by atoms with Crippen LogP contribution < -0.4 is 14.8 Å². The number of para-hydroxylation sites is 2. The fourth-order valence-electron chi connectivity index (χ4n) is 4.03. The van der Waals surface area contributed by atoms with Gasteiger partial charge in [0.15, 0.2) is 11.5 Å². The van der Waals surface area contributed by atoms with Gasteiger partial charge in [-0.2, -0.15) is 4.31 Å². The van der Waals surface area contributed by atoms with Gasteiger partial charge in [-0.25, -0.2) is 8.42 Å². The zero-order chi connectivity index (χ0) is 21.3. The van der Waals surface area contributed by atoms with Crippen LogP contribution in [0.5, 0.6) is 11.5 Å². The number of carbonyl (C=O) groups excluding carboxylic acids is 1. The molecule has 1 N–H and O–H groups in total. The summed E-state index contributed by atoms with van der Waals surface area (Å²) in [6.45, 7) is 5.33. The number of piperidine rings is 1. The second-order valence-electron chi connectivity index (χ2n) is 8.15. The van der Waals surface area contributed by atoms with Crippen molar-refractivity contribution >= 4 is 21.6 Å². The van der Waals surface area contributed by atoms with Gasteiger partial charge in [0.05, 0.1) is 4.90 Å². The molecule has 0 aliphatic carbocycles. The number of hydrogen-bond acceptors (Lipinski definition) is 5. The molecular formula is C22H26N2O5S. The molecule has 3 atom stereocenters. The maximum Gasteiger partial charge on any atom is 0.269 e. The van der Waals surface area contributed by atoms with E-state index in [0.717, 1.165) is 6.42 Å². The lowest BCUT2D eigenvalue weighted by molar-refractivity contribution is -0.125. The first-order valence-corrected chi connectivity index (χ1v) is 11.6. The van der Waals surface area contributed by atoms with E-state index < -0.39 is 16.1 Å². The highest BCUT2D eigenvalue weighted by Crippen LogP contribution is 2.31. The average Bonchev–Trinajstić information content (AvgIpc) is 2.73. The molecule has 8 heteroatoms. The first-order chi connectivity index (χ1) is 14.3. The van der Waals surface area contributed by atoms with E-state index in [2.05, 4.69) is 19.2 Å². The molecule has 2 aliphatic heterocycles. The molecular weight excluding hydrogens is 404 g/mol. The lowest BCUT2D eigenvalue weighted by atomic mass is 9.94. The molecule has 0 unspecified atom stereocenters. The number of fused-ring (bicyclic) bond motifs is 1. The fourth-order valence-corrected chi connectivity index (χ4v) is 5.71. The Morgan fingerprint density at radius 3 is 2.30 bits per heavy atom. The van der Waals surface area contributed by atoms with Crippen molar-refractivity contribution in [3.63, 3.8) is 0 Å². The van der Waals surface area contributed by atoms with Gasteiger partial charge >= 0.3 is 0 Å². The van der Waals surface area contributed by atoms with Gasteiger partial charge < -0.3 is 14.8 Å². The molecule has 4 rings (SSSR count). The highest BCUT2D eigenvalue weighted by molar-refractivity contribution is 7.89. The van der Waals surface area contributed by atoms with E-state index in [1.807, 2.05) is 12.1 Å². The Bertz CT molecular complexity index is 1010. The third-order valence-corrected chi connectivity index (χ3v) is 7.24. The van der Waals surface area contributed by atoms with Crippen molar-refractivity contribution in [2.75, 3.05) is 25.0 Å². The summed E-state index contributed by atoms with van der Waals surface area (Å²) in [6.07, 6.45) is 0.258. The number of amides is 1. The van der Waals surface area contributed by atoms with E-state index in [1.165, 1.54) is 12.1 Å². The molecule has 30 heavy (non-hydrogen) atoms. The fraction of sp³-hybridized carbons (Fsp3) is 0.409. The van der Waals surface area contributed by atoms with Crippen LogP contribution in [0.3, 0.4) is 0 Å². The van der Waals surface area contributed by atoms with E-state index >= 15 is 0 Å². The lowest BCUT2D eigenvalue weighted by Crippen LogP contribution is -2.42. The minimum atomic E-state index is -3.55. The first-order valence-electron chi connectivity index (χ1n) is 10.1. The molecule has 2 aliphatic rings. The number of nitrogens with zero attached hydrogens (tertiary/aromatic N) is 1. The lowest BCUT2D eigenvalue weighted by Gasteiger charge is -2.34. The Morgan fingerprint density at radius 2 is 1.63 bits per heavy atom. The number of rotatable bonds is 4. The summed E-state index contributed by atoms with van der Waals surface area (Å²) in [4.78, 5) is 12.8. The molecule has 7 nitrogen and oxygen atoms in total. The minimum absolute atomic E-state index is 0.112. The van der Waals surface area contributed by atoms with Gasteiger partial charge in [-0.1, -0.05) is 26.0 Å². The topological polar surface area (TPSA) is 84.9 Å². The van der Waals surface area contributed by atoms with Crippen LogP contribution in [-0.2, 0) is 14.8 Å². The smallest absolute Gasteiger partial charge is 0.269 e. The number of anilines is 1. The van der Waals surface area contributed by atoms with Crippen molar-refractivity contribution in [1.29, 1.82) is 0 Å². The number of nitrogens with one attached hydrogen (secondary N) is 1. The van der Waals surface area contributed by atoms with Crippen LogP contribution >= 0.6 is 0 Å². The molecule has 0 aromatic heterocycles. The molecule has 2 aromatic rings. The van der Waals surface area contributed by atoms with Gasteiger partial charge in [0, 0.05) is 18.8 Å². The van der Waals surface area contributed by atoms with Gasteiger partial charge in [0.1, 0.15) is 6.61 Å². The second kappa shape index (κ2) is 8.28. The Balaban J connectivity index is 1.42. The molecule has 0 spiro atoms. The normalized spacial score (nSPS) is 24.3. The number of carbonyl (C=O) groups is 1. The summed E-state index contributed by atoms with van der Waals surface area (Å²) >= 11 is 0. The van der Waals surface area contributed by atoms with Gasteiger partial charge in [-0.05, 0) is 54.7 Å². The zero-order valence-electron chi connectivity index (χ0n) is 17.1. The molecule has 1 amide bonds. The standard InChI is InChI=1S/C22H26N2O5S/c1-15-11-16(2)13-24(12-15)30(26,27)18-9-7-17(8-10-18)23-22(25)21-14-28-19-5-3-4-6-20(19)29-21/h3-10,15-16,21H,11-14H2,1-2H3,(H,23,25)/t15-,16-,21-/m1/s1. The summed E-state index contributed by atoms with van der Waals surface area (Å²) in [5.74, 6) is 1.46. The maximum atomic E-state index is 13.0. The van der Waals surface area contributed by atoms with E-state index in [-0.39, 0.29) is 17.4 Å². The Hall–Kier alpha value is -2.58. The number of benzene rings is 2. The Kier molecular flexibility index (Phi) is 5.71. The van der Waals surface area contributed by atoms with Gasteiger partial charge in [0.2, 0.25) is 16.1 Å². The van der Waals surface area contributed by atoms with Crippen molar-refractivity contribution in [2.24, 2.45) is 11.8 Å². The predicted molar refractivity (Wildman–Crippen MR) is 113 cm³/mol. The quantitative estimate of drug-likeness (QED) is 0.806. The number of hydrogen-bond donors (Lipinski definition) is 1. The van der Waals surface area contributed by atoms with Crippen LogP contribution in [0, 0.1) is 11.8 Å². The highest BCUT2D eigenvalue weighted by atomic mass is 32.2. The molecule has 0 bridgehead atoms. The van der Waals surface area contributed by atoms with Crippen LogP contribution in [0.2, 0.25) is 0 Å². The Morgan fingerprint density at radius 1 is 1.00 bits per heavy atom. The summed E-state index contributed by atoms with van der Waals surface area (Å²) < 4.78 is 38.8. The molecule has 1 fully saturated rings. The van der Waals surface area contributed by atoms with Gasteiger partial charge in [-0.15, -0.1) is 0 Å². The third-order valence-electron chi connectivity index (χ3n) is 5.40. The van der Waals surface area contributed by atoms with Crippen molar-refractivity contribution < 1.29 is 22.7 Å². The third kappa shape index (κ3) is 4.29. The average molecular weight is 431 g/mol. The minimum Gasteiger partial charge on any atom is -0.485 e. The predicted octanol–water partition coefficient (Wildman–Crippen LogP) is 3.13. The van der Waals surface area contributed by atoms with Gasteiger partial charge in [0.25, 0.3) is 5.91 Å². The van der Waals surface area contributed by atoms with E-state index in [4.69, 9.17) is 9.47 Å². The monoisotopic (exact) mass is 430 g/mol. The molecule has 2 heterocycles.